The number of hydrogen-bond donors (Lipinski definition) is 1. The first-order chi connectivity index (χ1) is 14.4. The van der Waals surface area contributed by atoms with E-state index in [4.69, 9.17) is 9.47 Å². The Balaban J connectivity index is 2.17. The third kappa shape index (κ3) is 4.02. The minimum atomic E-state index is -0.732. The molecule has 7 heteroatoms. The lowest BCUT2D eigenvalue weighted by atomic mass is 9.95. The molecule has 7 nitrogen and oxygen atoms in total. The molecule has 1 fully saturated rings. The average Bonchev–Trinajstić information content (AvgIpc) is 3.01. The van der Waals surface area contributed by atoms with Gasteiger partial charge in [-0.2, -0.15) is 0 Å². The highest BCUT2D eigenvalue weighted by atomic mass is 16.5. The van der Waals surface area contributed by atoms with Crippen molar-refractivity contribution in [2.24, 2.45) is 0 Å². The number of aliphatic hydroxyl groups is 1. The molecule has 0 aromatic heterocycles. The van der Waals surface area contributed by atoms with E-state index in [1.165, 1.54) is 19.1 Å². The summed E-state index contributed by atoms with van der Waals surface area (Å²) in [5.41, 5.74) is 1.20. The van der Waals surface area contributed by atoms with Gasteiger partial charge in [0.25, 0.3) is 11.7 Å². The molecule has 0 aliphatic carbocycles. The zero-order valence-electron chi connectivity index (χ0n) is 17.6. The van der Waals surface area contributed by atoms with Gasteiger partial charge in [-0.05, 0) is 31.8 Å². The molecule has 1 N–H and O–H groups in total. The quantitative estimate of drug-likeness (QED) is 0.430. The summed E-state index contributed by atoms with van der Waals surface area (Å²) in [5, 5.41) is 11.0. The zero-order chi connectivity index (χ0) is 21.8. The molecule has 0 spiro atoms. The number of carbonyl (C=O) groups excluding carboxylic acids is 2. The molecule has 30 heavy (non-hydrogen) atoms. The van der Waals surface area contributed by atoms with E-state index in [9.17, 15) is 14.7 Å². The van der Waals surface area contributed by atoms with Crippen LogP contribution in [-0.2, 0) is 9.59 Å². The van der Waals surface area contributed by atoms with Crippen molar-refractivity contribution in [3.05, 3.63) is 65.2 Å². The smallest absolute Gasteiger partial charge is 0.295 e. The van der Waals surface area contributed by atoms with Crippen LogP contribution in [-0.4, -0.2) is 68.0 Å². The van der Waals surface area contributed by atoms with Gasteiger partial charge in [0.05, 0.1) is 25.8 Å². The third-order valence-electron chi connectivity index (χ3n) is 5.10. The third-order valence-corrected chi connectivity index (χ3v) is 5.10. The lowest BCUT2D eigenvalue weighted by molar-refractivity contribution is -0.140. The minimum Gasteiger partial charge on any atom is -0.507 e. The van der Waals surface area contributed by atoms with Crippen molar-refractivity contribution in [2.75, 3.05) is 41.4 Å². The van der Waals surface area contributed by atoms with Crippen LogP contribution in [0.1, 0.15) is 17.2 Å². The zero-order valence-corrected chi connectivity index (χ0v) is 17.6. The summed E-state index contributed by atoms with van der Waals surface area (Å²) in [4.78, 5) is 29.3. The number of amides is 1. The van der Waals surface area contributed by atoms with Crippen molar-refractivity contribution < 1.29 is 24.2 Å². The summed E-state index contributed by atoms with van der Waals surface area (Å²) >= 11 is 0. The van der Waals surface area contributed by atoms with Gasteiger partial charge in [-0.3, -0.25) is 9.59 Å². The second kappa shape index (κ2) is 9.00. The molecular weight excluding hydrogens is 384 g/mol. The predicted molar refractivity (Wildman–Crippen MR) is 114 cm³/mol. The second-order valence-corrected chi connectivity index (χ2v) is 7.28. The van der Waals surface area contributed by atoms with Crippen molar-refractivity contribution in [1.82, 2.24) is 9.80 Å². The van der Waals surface area contributed by atoms with E-state index < -0.39 is 17.7 Å². The van der Waals surface area contributed by atoms with Gasteiger partial charge in [-0.15, -0.1) is 0 Å². The number of methoxy groups -OCH3 is 2. The number of likely N-dealkylation sites (N-methyl/N-ethyl adjacent to an activating group) is 1. The van der Waals surface area contributed by atoms with Gasteiger partial charge in [-0.25, -0.2) is 0 Å². The van der Waals surface area contributed by atoms with Crippen LogP contribution < -0.4 is 9.47 Å². The number of carbonyl (C=O) groups is 2. The van der Waals surface area contributed by atoms with Gasteiger partial charge in [0, 0.05) is 18.7 Å². The Morgan fingerprint density at radius 2 is 1.70 bits per heavy atom. The normalized spacial score (nSPS) is 18.2. The van der Waals surface area contributed by atoms with Crippen LogP contribution >= 0.6 is 0 Å². The number of benzene rings is 2. The van der Waals surface area contributed by atoms with E-state index >= 15 is 0 Å². The molecule has 1 unspecified atom stereocenters. The highest BCUT2D eigenvalue weighted by Crippen LogP contribution is 2.41. The predicted octanol–water partition coefficient (Wildman–Crippen LogP) is 2.69. The Hall–Kier alpha value is -3.32. The van der Waals surface area contributed by atoms with Gasteiger partial charge in [0.1, 0.15) is 5.76 Å². The van der Waals surface area contributed by atoms with Gasteiger partial charge in [0.2, 0.25) is 0 Å². The number of aliphatic hydroxyl groups excluding tert-OH is 1. The van der Waals surface area contributed by atoms with Crippen molar-refractivity contribution in [3.63, 3.8) is 0 Å². The van der Waals surface area contributed by atoms with Gasteiger partial charge < -0.3 is 24.4 Å². The van der Waals surface area contributed by atoms with Gasteiger partial charge in [-0.1, -0.05) is 36.4 Å². The largest absolute Gasteiger partial charge is 0.507 e. The number of ether oxygens (including phenoxy) is 2. The van der Waals surface area contributed by atoms with E-state index in [0.717, 1.165) is 0 Å². The maximum Gasteiger partial charge on any atom is 0.295 e. The number of Topliss-reactive ketones (excluding diaryl/α,β-unsaturated/α-hetero) is 1. The van der Waals surface area contributed by atoms with Crippen molar-refractivity contribution in [3.8, 4) is 11.5 Å². The van der Waals surface area contributed by atoms with Crippen molar-refractivity contribution in [2.45, 2.75) is 6.04 Å². The molecule has 158 valence electrons. The summed E-state index contributed by atoms with van der Waals surface area (Å²) in [6, 6.07) is 13.3. The Kier molecular flexibility index (Phi) is 6.42. The molecule has 0 bridgehead atoms. The van der Waals surface area contributed by atoms with Crippen LogP contribution in [0.2, 0.25) is 0 Å². The molecule has 1 atom stereocenters. The van der Waals surface area contributed by atoms with E-state index in [0.29, 0.717) is 35.7 Å². The molecule has 1 heterocycles. The molecule has 0 radical (unpaired) electrons. The number of nitrogens with zero attached hydrogens (tertiary/aromatic N) is 2. The monoisotopic (exact) mass is 410 g/mol. The van der Waals surface area contributed by atoms with Crippen LogP contribution in [0.15, 0.2) is 54.1 Å². The molecule has 1 aliphatic heterocycles. The molecule has 0 saturated carbocycles. The number of likely N-dealkylation sites (tertiary alicyclic amines) is 1. The molecule has 1 amide bonds. The number of hydrogen-bond acceptors (Lipinski definition) is 6. The highest BCUT2D eigenvalue weighted by molar-refractivity contribution is 6.46. The summed E-state index contributed by atoms with van der Waals surface area (Å²) < 4.78 is 10.7. The number of ketones is 1. The molecular formula is C23H26N2O5. The Labute approximate surface area is 176 Å². The summed E-state index contributed by atoms with van der Waals surface area (Å²) in [5.74, 6) is -0.507. The van der Waals surface area contributed by atoms with E-state index in [2.05, 4.69) is 0 Å². The summed E-state index contributed by atoms with van der Waals surface area (Å²) in [6.45, 7) is 0.907. The lowest BCUT2D eigenvalue weighted by Gasteiger charge is -2.27. The Morgan fingerprint density at radius 3 is 2.30 bits per heavy atom. The maximum atomic E-state index is 13.0. The average molecular weight is 410 g/mol. The number of rotatable bonds is 7. The van der Waals surface area contributed by atoms with Crippen LogP contribution in [0.4, 0.5) is 0 Å². The summed E-state index contributed by atoms with van der Waals surface area (Å²) in [7, 11) is 6.85. The van der Waals surface area contributed by atoms with Crippen LogP contribution in [0, 0.1) is 0 Å². The molecule has 2 aromatic carbocycles. The molecule has 1 aliphatic rings. The first-order valence-electron chi connectivity index (χ1n) is 9.59. The highest BCUT2D eigenvalue weighted by Gasteiger charge is 2.46. The lowest BCUT2D eigenvalue weighted by Crippen LogP contribution is -2.35. The summed E-state index contributed by atoms with van der Waals surface area (Å²) in [6.07, 6.45) is 0. The Bertz CT molecular complexity index is 969. The van der Waals surface area contributed by atoms with Gasteiger partial charge >= 0.3 is 0 Å². The topological polar surface area (TPSA) is 79.3 Å². The first kappa shape index (κ1) is 21.4. The van der Waals surface area contributed by atoms with Crippen LogP contribution in [0.5, 0.6) is 11.5 Å². The van der Waals surface area contributed by atoms with E-state index in [1.807, 2.05) is 25.1 Å². The second-order valence-electron chi connectivity index (χ2n) is 7.28. The standard InChI is InChI=1S/C23H26N2O5/c1-24(2)12-13-25-20(16-10-11-17(29-3)18(14-16)30-4)19(22(27)23(25)28)21(26)15-8-6-5-7-9-15/h5-11,14,20,26H,12-13H2,1-4H3. The van der Waals surface area contributed by atoms with E-state index in [1.54, 1.807) is 42.5 Å². The molecule has 2 aromatic rings. The fraction of sp³-hybridized carbons (Fsp3) is 0.304. The van der Waals surface area contributed by atoms with Crippen molar-refractivity contribution in [1.29, 1.82) is 0 Å². The molecule has 3 rings (SSSR count). The maximum absolute atomic E-state index is 13.0. The van der Waals surface area contributed by atoms with E-state index in [-0.39, 0.29) is 11.3 Å². The van der Waals surface area contributed by atoms with Crippen LogP contribution in [0.25, 0.3) is 5.76 Å². The van der Waals surface area contributed by atoms with Crippen molar-refractivity contribution >= 4 is 17.4 Å². The fourth-order valence-electron chi connectivity index (χ4n) is 3.54. The molecule has 1 saturated heterocycles. The SMILES string of the molecule is COc1ccc(C2C(=C(O)c3ccccc3)C(=O)C(=O)N2CCN(C)C)cc1OC. The fourth-order valence-corrected chi connectivity index (χ4v) is 3.54. The first-order valence-corrected chi connectivity index (χ1v) is 9.59. The van der Waals surface area contributed by atoms with Crippen LogP contribution in [0.3, 0.4) is 0 Å². The van der Waals surface area contributed by atoms with Gasteiger partial charge in [0.15, 0.2) is 11.5 Å². The Morgan fingerprint density at radius 1 is 1.03 bits per heavy atom. The minimum absolute atomic E-state index is 0.0668.